The Morgan fingerprint density at radius 3 is 2.56 bits per heavy atom. The molecule has 1 atom stereocenters. The monoisotopic (exact) mass is 231 g/mol. The minimum atomic E-state index is -0.604. The fourth-order valence-corrected chi connectivity index (χ4v) is 1.93. The van der Waals surface area contributed by atoms with Gasteiger partial charge in [0.1, 0.15) is 10.7 Å². The summed E-state index contributed by atoms with van der Waals surface area (Å²) < 4.78 is 0.682. The van der Waals surface area contributed by atoms with Gasteiger partial charge in [0.15, 0.2) is 0 Å². The van der Waals surface area contributed by atoms with Crippen molar-refractivity contribution in [3.8, 4) is 0 Å². The van der Waals surface area contributed by atoms with Gasteiger partial charge in [-0.05, 0) is 24.1 Å². The molecule has 82 valence electrons. The zero-order valence-corrected chi connectivity index (χ0v) is 9.79. The quantitative estimate of drug-likeness (QED) is 0.779. The first kappa shape index (κ1) is 11.0. The highest BCUT2D eigenvalue weighted by Gasteiger charge is 2.11. The maximum atomic E-state index is 10.2. The van der Waals surface area contributed by atoms with Gasteiger partial charge >= 0.3 is 0 Å². The summed E-state index contributed by atoms with van der Waals surface area (Å²) in [5, 5.41) is 10.2. The minimum Gasteiger partial charge on any atom is -0.384 e. The zero-order valence-electron chi connectivity index (χ0n) is 8.97. The summed E-state index contributed by atoms with van der Waals surface area (Å²) in [5.74, 6) is 0. The van der Waals surface area contributed by atoms with Crippen molar-refractivity contribution in [2.45, 2.75) is 13.0 Å². The first-order valence-corrected chi connectivity index (χ1v) is 5.51. The van der Waals surface area contributed by atoms with Crippen molar-refractivity contribution in [1.29, 1.82) is 0 Å². The topological polar surface area (TPSA) is 36.0 Å². The molecule has 2 aromatic rings. The van der Waals surface area contributed by atoms with Gasteiger partial charge in [-0.2, -0.15) is 0 Å². The number of hydrogen-bond donors (Lipinski definition) is 2. The molecule has 1 heterocycles. The van der Waals surface area contributed by atoms with Gasteiger partial charge in [-0.25, -0.2) is 0 Å². The van der Waals surface area contributed by atoms with E-state index in [-0.39, 0.29) is 0 Å². The molecule has 2 N–H and O–H groups in total. The van der Waals surface area contributed by atoms with Crippen molar-refractivity contribution < 1.29 is 5.11 Å². The van der Waals surface area contributed by atoms with Gasteiger partial charge in [0.05, 0.1) is 0 Å². The van der Waals surface area contributed by atoms with Crippen molar-refractivity contribution in [1.82, 2.24) is 4.98 Å². The third-order valence-electron chi connectivity index (χ3n) is 2.58. The van der Waals surface area contributed by atoms with Crippen LogP contribution in [0.5, 0.6) is 0 Å². The molecule has 0 saturated carbocycles. The number of nitrogens with one attached hydrogen (secondary N) is 1. The molecule has 0 aliphatic carbocycles. The van der Waals surface area contributed by atoms with E-state index in [1.165, 1.54) is 0 Å². The first-order chi connectivity index (χ1) is 7.68. The van der Waals surface area contributed by atoms with Crippen molar-refractivity contribution >= 4 is 12.2 Å². The third kappa shape index (κ3) is 2.21. The molecule has 0 bridgehead atoms. The van der Waals surface area contributed by atoms with Gasteiger partial charge in [0, 0.05) is 11.8 Å². The average molecular weight is 231 g/mol. The number of aromatic amines is 1. The lowest BCUT2D eigenvalue weighted by atomic mass is 10.00. The van der Waals surface area contributed by atoms with E-state index in [2.05, 4.69) is 4.98 Å². The lowest BCUT2D eigenvalue weighted by molar-refractivity contribution is 0.219. The number of H-pyrrole nitrogens is 1. The molecule has 0 aliphatic rings. The Hall–Kier alpha value is -1.45. The maximum absolute atomic E-state index is 10.2. The van der Waals surface area contributed by atoms with E-state index in [0.29, 0.717) is 4.64 Å². The third-order valence-corrected chi connectivity index (χ3v) is 2.82. The van der Waals surface area contributed by atoms with Crippen LogP contribution < -0.4 is 0 Å². The van der Waals surface area contributed by atoms with E-state index in [1.54, 1.807) is 6.20 Å². The van der Waals surface area contributed by atoms with Gasteiger partial charge in [-0.3, -0.25) is 0 Å². The van der Waals surface area contributed by atoms with Gasteiger partial charge in [-0.15, -0.1) is 0 Å². The number of pyridine rings is 1. The molecule has 0 unspecified atom stereocenters. The van der Waals surface area contributed by atoms with Crippen molar-refractivity contribution in [2.75, 3.05) is 0 Å². The molecule has 0 fully saturated rings. The lowest BCUT2D eigenvalue weighted by Gasteiger charge is -2.13. The second-order valence-corrected chi connectivity index (χ2v) is 4.19. The highest BCUT2D eigenvalue weighted by molar-refractivity contribution is 7.71. The zero-order chi connectivity index (χ0) is 11.5. The summed E-state index contributed by atoms with van der Waals surface area (Å²) in [6, 6.07) is 11.4. The molecular formula is C13H13NOS. The summed E-state index contributed by atoms with van der Waals surface area (Å²) in [6.45, 7) is 1.95. The fourth-order valence-electron chi connectivity index (χ4n) is 1.69. The fraction of sp³-hybridized carbons (Fsp3) is 0.154. The van der Waals surface area contributed by atoms with Crippen LogP contribution in [0.3, 0.4) is 0 Å². The van der Waals surface area contributed by atoms with E-state index in [0.717, 1.165) is 16.7 Å². The molecule has 1 aromatic heterocycles. The minimum absolute atomic E-state index is 0.604. The molecule has 2 rings (SSSR count). The molecule has 0 amide bonds. The predicted molar refractivity (Wildman–Crippen MR) is 66.9 cm³/mol. The first-order valence-electron chi connectivity index (χ1n) is 5.11. The van der Waals surface area contributed by atoms with Crippen molar-refractivity contribution in [3.63, 3.8) is 0 Å². The number of aliphatic hydroxyl groups is 1. The maximum Gasteiger partial charge on any atom is 0.106 e. The lowest BCUT2D eigenvalue weighted by Crippen LogP contribution is -2.02. The predicted octanol–water partition coefficient (Wildman–Crippen LogP) is 3.13. The largest absolute Gasteiger partial charge is 0.384 e. The van der Waals surface area contributed by atoms with Crippen molar-refractivity contribution in [2.24, 2.45) is 0 Å². The summed E-state index contributed by atoms with van der Waals surface area (Å²) in [5.41, 5.74) is 2.75. The normalized spacial score (nSPS) is 12.4. The molecule has 2 nitrogen and oxygen atoms in total. The van der Waals surface area contributed by atoms with Gasteiger partial charge in [0.25, 0.3) is 0 Å². The molecule has 0 aliphatic heterocycles. The van der Waals surface area contributed by atoms with Crippen molar-refractivity contribution in [3.05, 3.63) is 63.9 Å². The molecule has 1 aromatic carbocycles. The summed E-state index contributed by atoms with van der Waals surface area (Å²) in [6.07, 6.45) is 1.17. The van der Waals surface area contributed by atoms with Crippen LogP contribution in [-0.2, 0) is 0 Å². The SMILES string of the molecule is Cc1cc(=S)[nH]cc1[C@@H](O)c1ccccc1. The Morgan fingerprint density at radius 2 is 1.94 bits per heavy atom. The Balaban J connectivity index is 2.42. The van der Waals surface area contributed by atoms with Crippen LogP contribution in [0.4, 0.5) is 0 Å². The molecule has 0 spiro atoms. The smallest absolute Gasteiger partial charge is 0.106 e. The Morgan fingerprint density at radius 1 is 1.25 bits per heavy atom. The van der Waals surface area contributed by atoms with E-state index < -0.39 is 6.10 Å². The Labute approximate surface area is 99.6 Å². The van der Waals surface area contributed by atoms with E-state index in [1.807, 2.05) is 43.3 Å². The number of hydrogen-bond acceptors (Lipinski definition) is 2. The summed E-state index contributed by atoms with van der Waals surface area (Å²) in [7, 11) is 0. The van der Waals surface area contributed by atoms with Crippen LogP contribution in [0.25, 0.3) is 0 Å². The Bertz CT molecular complexity index is 533. The van der Waals surface area contributed by atoms with Crippen LogP contribution in [0.2, 0.25) is 0 Å². The summed E-state index contributed by atoms with van der Waals surface area (Å²) >= 11 is 5.03. The Kier molecular flexibility index (Phi) is 3.17. The van der Waals surface area contributed by atoms with Gasteiger partial charge < -0.3 is 10.1 Å². The van der Waals surface area contributed by atoms with Crippen LogP contribution in [0.1, 0.15) is 22.8 Å². The average Bonchev–Trinajstić information content (AvgIpc) is 2.29. The second-order valence-electron chi connectivity index (χ2n) is 3.75. The van der Waals surface area contributed by atoms with Crippen LogP contribution in [0.15, 0.2) is 42.6 Å². The van der Waals surface area contributed by atoms with Gasteiger partial charge in [-0.1, -0.05) is 42.5 Å². The van der Waals surface area contributed by atoms with E-state index in [4.69, 9.17) is 12.2 Å². The second kappa shape index (κ2) is 4.60. The number of aryl methyl sites for hydroxylation is 1. The molecule has 0 saturated heterocycles. The standard InChI is InChI=1S/C13H13NOS/c1-9-7-12(16)14-8-11(9)13(15)10-5-3-2-4-6-10/h2-8,13,15H,1H3,(H,14,16)/t13-/m0/s1. The van der Waals surface area contributed by atoms with E-state index >= 15 is 0 Å². The number of benzene rings is 1. The molecule has 0 radical (unpaired) electrons. The molecule has 16 heavy (non-hydrogen) atoms. The number of aliphatic hydroxyl groups excluding tert-OH is 1. The summed E-state index contributed by atoms with van der Waals surface area (Å²) in [4.78, 5) is 2.95. The van der Waals surface area contributed by atoms with E-state index in [9.17, 15) is 5.11 Å². The van der Waals surface area contributed by atoms with Crippen LogP contribution in [-0.4, -0.2) is 10.1 Å². The van der Waals surface area contributed by atoms with Crippen LogP contribution in [0, 0.1) is 11.6 Å². The number of aromatic nitrogens is 1. The highest BCUT2D eigenvalue weighted by atomic mass is 32.1. The highest BCUT2D eigenvalue weighted by Crippen LogP contribution is 2.23. The van der Waals surface area contributed by atoms with Gasteiger partial charge in [0.2, 0.25) is 0 Å². The molecule has 3 heteroatoms. The van der Waals surface area contributed by atoms with Crippen LogP contribution >= 0.6 is 12.2 Å². The molecular weight excluding hydrogens is 218 g/mol. The number of rotatable bonds is 2.